The Kier molecular flexibility index (Phi) is 7.52. The van der Waals surface area contributed by atoms with Gasteiger partial charge in [0.15, 0.2) is 22.5 Å². The highest BCUT2D eigenvalue weighted by Crippen LogP contribution is 2.30. The monoisotopic (exact) mass is 477 g/mol. The van der Waals surface area contributed by atoms with Crippen LogP contribution in [0.25, 0.3) is 0 Å². The molecule has 2 unspecified atom stereocenters. The van der Waals surface area contributed by atoms with Crippen molar-refractivity contribution in [3.63, 3.8) is 0 Å². The average molecular weight is 478 g/mol. The van der Waals surface area contributed by atoms with Crippen LogP contribution in [0.1, 0.15) is 39.0 Å². The van der Waals surface area contributed by atoms with E-state index in [1.54, 1.807) is 17.0 Å². The summed E-state index contributed by atoms with van der Waals surface area (Å²) in [6.45, 7) is 1.05. The summed E-state index contributed by atoms with van der Waals surface area (Å²) in [6, 6.07) is 4.26. The van der Waals surface area contributed by atoms with Crippen LogP contribution in [0.3, 0.4) is 0 Å². The van der Waals surface area contributed by atoms with Gasteiger partial charge in [-0.3, -0.25) is 4.79 Å². The van der Waals surface area contributed by atoms with Crippen molar-refractivity contribution in [2.45, 2.75) is 57.2 Å². The minimum Gasteiger partial charge on any atom is -0.477 e. The fourth-order valence-electron chi connectivity index (χ4n) is 4.02. The number of esters is 1. The molecule has 1 aliphatic heterocycles. The molecule has 0 spiro atoms. The molecule has 2 atom stereocenters. The third-order valence-corrected chi connectivity index (χ3v) is 7.76. The Balaban J connectivity index is 1.59. The summed E-state index contributed by atoms with van der Waals surface area (Å²) in [6.07, 6.45) is 3.12. The molecule has 2 fully saturated rings. The molecule has 0 bridgehead atoms. The van der Waals surface area contributed by atoms with Gasteiger partial charge in [0.05, 0.1) is 16.5 Å². The Morgan fingerprint density at radius 3 is 2.47 bits per heavy atom. The maximum Gasteiger partial charge on any atom is 0.347 e. The summed E-state index contributed by atoms with van der Waals surface area (Å²) in [7, 11) is -3.13. The Morgan fingerprint density at radius 1 is 1.17 bits per heavy atom. The third kappa shape index (κ3) is 5.80. The fraction of sp³-hybridized carbons (Fsp3) is 0.600. The van der Waals surface area contributed by atoms with Crippen molar-refractivity contribution in [3.05, 3.63) is 28.2 Å². The summed E-state index contributed by atoms with van der Waals surface area (Å²) in [5, 5.41) is 0.696. The molecule has 7 nitrogen and oxygen atoms in total. The number of halogens is 2. The number of nitrogens with zero attached hydrogens (tertiary/aromatic N) is 1. The second kappa shape index (κ2) is 9.75. The van der Waals surface area contributed by atoms with Crippen LogP contribution >= 0.6 is 23.2 Å². The fourth-order valence-corrected chi connectivity index (χ4v) is 6.18. The van der Waals surface area contributed by atoms with E-state index in [4.69, 9.17) is 32.7 Å². The number of carbonyl (C=O) groups is 2. The van der Waals surface area contributed by atoms with Gasteiger partial charge in [-0.25, -0.2) is 13.2 Å². The van der Waals surface area contributed by atoms with Crippen molar-refractivity contribution in [2.75, 3.05) is 18.1 Å². The molecule has 1 saturated carbocycles. The minimum atomic E-state index is -3.13. The molecular formula is C20H25Cl2NO6S. The standard InChI is InChI=1S/C20H25Cl2NO6S/c1-13(29-18-7-6-14(21)10-17(18)22)20(25)28-11-19(24)23(15-4-2-3-5-15)16-8-9-30(26,27)12-16/h6-7,10,13,15-16H,2-5,8-9,11-12H2,1H3. The van der Waals surface area contributed by atoms with Crippen LogP contribution in [0.5, 0.6) is 5.75 Å². The topological polar surface area (TPSA) is 90.0 Å². The normalized spacial score (nSPS) is 21.9. The van der Waals surface area contributed by atoms with Gasteiger partial charge in [0.1, 0.15) is 5.75 Å². The number of amides is 1. The van der Waals surface area contributed by atoms with Gasteiger partial charge in [0, 0.05) is 17.1 Å². The first kappa shape index (κ1) is 23.2. The second-order valence-electron chi connectivity index (χ2n) is 7.74. The summed E-state index contributed by atoms with van der Waals surface area (Å²) < 4.78 is 34.5. The molecular weight excluding hydrogens is 453 g/mol. The zero-order valence-electron chi connectivity index (χ0n) is 16.7. The van der Waals surface area contributed by atoms with E-state index in [0.717, 1.165) is 25.7 Å². The van der Waals surface area contributed by atoms with Crippen molar-refractivity contribution >= 4 is 44.9 Å². The van der Waals surface area contributed by atoms with Crippen molar-refractivity contribution in [2.24, 2.45) is 0 Å². The quantitative estimate of drug-likeness (QED) is 0.559. The van der Waals surface area contributed by atoms with Crippen molar-refractivity contribution in [1.29, 1.82) is 0 Å². The predicted octanol–water partition coefficient (Wildman–Crippen LogP) is 3.26. The maximum atomic E-state index is 12.9. The van der Waals surface area contributed by atoms with Gasteiger partial charge in [0.2, 0.25) is 0 Å². The van der Waals surface area contributed by atoms with Crippen LogP contribution in [-0.2, 0) is 24.2 Å². The molecule has 1 aliphatic carbocycles. The van der Waals surface area contributed by atoms with Gasteiger partial charge in [-0.05, 0) is 44.4 Å². The first-order valence-electron chi connectivity index (χ1n) is 9.96. The van der Waals surface area contributed by atoms with Crippen molar-refractivity contribution in [1.82, 2.24) is 4.90 Å². The minimum absolute atomic E-state index is 0.00366. The van der Waals surface area contributed by atoms with Gasteiger partial charge in [-0.1, -0.05) is 36.0 Å². The molecule has 30 heavy (non-hydrogen) atoms. The highest BCUT2D eigenvalue weighted by Gasteiger charge is 2.39. The van der Waals surface area contributed by atoms with E-state index in [9.17, 15) is 18.0 Å². The van der Waals surface area contributed by atoms with Crippen LogP contribution in [0.15, 0.2) is 18.2 Å². The predicted molar refractivity (Wildman–Crippen MR) is 114 cm³/mol. The SMILES string of the molecule is CC(Oc1ccc(Cl)cc1Cl)C(=O)OCC(=O)N(C1CCCC1)C1CCS(=O)(=O)C1. The molecule has 0 N–H and O–H groups in total. The second-order valence-corrected chi connectivity index (χ2v) is 10.8. The molecule has 1 saturated heterocycles. The number of ether oxygens (including phenoxy) is 2. The Hall–Kier alpha value is -1.51. The van der Waals surface area contributed by atoms with Crippen LogP contribution in [-0.4, -0.2) is 61.5 Å². The molecule has 1 aromatic rings. The van der Waals surface area contributed by atoms with E-state index in [0.29, 0.717) is 11.4 Å². The molecule has 10 heteroatoms. The smallest absolute Gasteiger partial charge is 0.347 e. The highest BCUT2D eigenvalue weighted by atomic mass is 35.5. The van der Waals surface area contributed by atoms with E-state index >= 15 is 0 Å². The lowest BCUT2D eigenvalue weighted by Gasteiger charge is -2.34. The number of rotatable bonds is 7. The molecule has 1 heterocycles. The lowest BCUT2D eigenvalue weighted by molar-refractivity contribution is -0.159. The Labute approximate surface area is 186 Å². The summed E-state index contributed by atoms with van der Waals surface area (Å²) in [5.74, 6) is -0.743. The van der Waals surface area contributed by atoms with Crippen LogP contribution < -0.4 is 4.74 Å². The van der Waals surface area contributed by atoms with Gasteiger partial charge in [0.25, 0.3) is 5.91 Å². The van der Waals surface area contributed by atoms with Crippen molar-refractivity contribution < 1.29 is 27.5 Å². The zero-order chi connectivity index (χ0) is 21.9. The van der Waals surface area contributed by atoms with E-state index in [1.165, 1.54) is 13.0 Å². The van der Waals surface area contributed by atoms with Gasteiger partial charge in [-0.15, -0.1) is 0 Å². The van der Waals surface area contributed by atoms with Gasteiger partial charge >= 0.3 is 5.97 Å². The summed E-state index contributed by atoms with van der Waals surface area (Å²) in [5.41, 5.74) is 0. The van der Waals surface area contributed by atoms with Crippen LogP contribution in [0, 0.1) is 0 Å². The highest BCUT2D eigenvalue weighted by molar-refractivity contribution is 7.91. The first-order chi connectivity index (χ1) is 14.2. The number of hydrogen-bond donors (Lipinski definition) is 0. The molecule has 2 aliphatic rings. The molecule has 0 radical (unpaired) electrons. The van der Waals surface area contributed by atoms with Crippen LogP contribution in [0.4, 0.5) is 0 Å². The van der Waals surface area contributed by atoms with Crippen LogP contribution in [0.2, 0.25) is 10.0 Å². The third-order valence-electron chi connectivity index (χ3n) is 5.48. The van der Waals surface area contributed by atoms with Crippen molar-refractivity contribution in [3.8, 4) is 5.75 Å². The molecule has 166 valence electrons. The summed E-state index contributed by atoms with van der Waals surface area (Å²) in [4.78, 5) is 26.8. The molecule has 3 rings (SSSR count). The number of benzene rings is 1. The van der Waals surface area contributed by atoms with E-state index in [-0.39, 0.29) is 40.3 Å². The number of hydrogen-bond acceptors (Lipinski definition) is 6. The van der Waals surface area contributed by atoms with Gasteiger partial charge < -0.3 is 14.4 Å². The Morgan fingerprint density at radius 2 is 1.87 bits per heavy atom. The first-order valence-corrected chi connectivity index (χ1v) is 12.5. The average Bonchev–Trinajstić information content (AvgIpc) is 3.32. The summed E-state index contributed by atoms with van der Waals surface area (Å²) >= 11 is 11.9. The Bertz CT molecular complexity index is 901. The van der Waals surface area contributed by atoms with E-state index in [2.05, 4.69) is 0 Å². The molecule has 0 aromatic heterocycles. The number of carbonyl (C=O) groups excluding carboxylic acids is 2. The maximum absolute atomic E-state index is 12.9. The molecule has 1 amide bonds. The largest absolute Gasteiger partial charge is 0.477 e. The number of sulfone groups is 1. The lowest BCUT2D eigenvalue weighted by atomic mass is 10.1. The van der Waals surface area contributed by atoms with E-state index < -0.39 is 28.5 Å². The van der Waals surface area contributed by atoms with E-state index in [1.807, 2.05) is 0 Å². The zero-order valence-corrected chi connectivity index (χ0v) is 19.0. The lowest BCUT2D eigenvalue weighted by Crippen LogP contribution is -2.48. The van der Waals surface area contributed by atoms with Gasteiger partial charge in [-0.2, -0.15) is 0 Å². The molecule has 1 aromatic carbocycles.